The minimum atomic E-state index is -0.664. The third kappa shape index (κ3) is 3.63. The van der Waals surface area contributed by atoms with Crippen LogP contribution in [-0.2, 0) is 9.47 Å². The number of morpholine rings is 1. The van der Waals surface area contributed by atoms with E-state index in [1.165, 1.54) is 12.1 Å². The SMILES string of the molecule is CCOC(=O)c1sc(N2CCOCC2)c(C#N)c1-c1ccc(C#N)cc1F. The van der Waals surface area contributed by atoms with Crippen LogP contribution in [0.4, 0.5) is 9.39 Å². The van der Waals surface area contributed by atoms with Crippen LogP contribution in [0.15, 0.2) is 18.2 Å². The lowest BCUT2D eigenvalue weighted by atomic mass is 9.99. The van der Waals surface area contributed by atoms with E-state index >= 15 is 0 Å². The second-order valence-corrected chi connectivity index (χ2v) is 6.72. The summed E-state index contributed by atoms with van der Waals surface area (Å²) in [6.07, 6.45) is 0. The second-order valence-electron chi connectivity index (χ2n) is 5.72. The van der Waals surface area contributed by atoms with Crippen molar-refractivity contribution >= 4 is 22.3 Å². The number of rotatable bonds is 4. The fourth-order valence-corrected chi connectivity index (χ4v) is 4.11. The minimum Gasteiger partial charge on any atom is -0.462 e. The summed E-state index contributed by atoms with van der Waals surface area (Å²) in [5, 5.41) is 19.3. The van der Waals surface area contributed by atoms with Crippen LogP contribution in [-0.4, -0.2) is 38.9 Å². The Kier molecular flexibility index (Phi) is 5.70. The van der Waals surface area contributed by atoms with Gasteiger partial charge in [-0.2, -0.15) is 10.5 Å². The van der Waals surface area contributed by atoms with E-state index in [1.54, 1.807) is 6.92 Å². The summed E-state index contributed by atoms with van der Waals surface area (Å²) in [6, 6.07) is 7.97. The van der Waals surface area contributed by atoms with Crippen molar-refractivity contribution < 1.29 is 18.7 Å². The fourth-order valence-electron chi connectivity index (χ4n) is 2.90. The molecule has 0 atom stereocenters. The maximum Gasteiger partial charge on any atom is 0.349 e. The molecule has 1 fully saturated rings. The summed E-state index contributed by atoms with van der Waals surface area (Å²) in [6.45, 7) is 4.03. The van der Waals surface area contributed by atoms with Crippen LogP contribution in [0.5, 0.6) is 0 Å². The van der Waals surface area contributed by atoms with Crippen LogP contribution in [0.1, 0.15) is 27.7 Å². The summed E-state index contributed by atoms with van der Waals surface area (Å²) in [5.74, 6) is -1.26. The van der Waals surface area contributed by atoms with E-state index in [2.05, 4.69) is 6.07 Å². The number of nitriles is 2. The van der Waals surface area contributed by atoms with Gasteiger partial charge in [0, 0.05) is 24.2 Å². The minimum absolute atomic E-state index is 0.101. The van der Waals surface area contributed by atoms with Gasteiger partial charge in [-0.3, -0.25) is 0 Å². The molecular weight excluding hydrogens is 369 g/mol. The molecule has 0 N–H and O–H groups in total. The van der Waals surface area contributed by atoms with Gasteiger partial charge in [0.25, 0.3) is 0 Å². The number of esters is 1. The number of ether oxygens (including phenoxy) is 2. The lowest BCUT2D eigenvalue weighted by Crippen LogP contribution is -2.36. The first kappa shape index (κ1) is 18.8. The summed E-state index contributed by atoms with van der Waals surface area (Å²) in [4.78, 5) is 14.6. The predicted molar refractivity (Wildman–Crippen MR) is 98.1 cm³/mol. The van der Waals surface area contributed by atoms with Gasteiger partial charge in [0.1, 0.15) is 21.8 Å². The highest BCUT2D eigenvalue weighted by atomic mass is 32.1. The number of benzene rings is 1. The molecule has 2 heterocycles. The summed E-state index contributed by atoms with van der Waals surface area (Å²) >= 11 is 1.12. The van der Waals surface area contributed by atoms with Gasteiger partial charge in [-0.15, -0.1) is 11.3 Å². The number of carbonyl (C=O) groups excluding carboxylic acids is 1. The molecule has 0 bridgehead atoms. The summed E-state index contributed by atoms with van der Waals surface area (Å²) in [5.41, 5.74) is 0.707. The van der Waals surface area contributed by atoms with E-state index in [-0.39, 0.29) is 33.7 Å². The Morgan fingerprint density at radius 2 is 2.07 bits per heavy atom. The first-order valence-electron chi connectivity index (χ1n) is 8.37. The molecule has 0 amide bonds. The Labute approximate surface area is 160 Å². The van der Waals surface area contributed by atoms with Gasteiger partial charge < -0.3 is 14.4 Å². The van der Waals surface area contributed by atoms with E-state index in [1.807, 2.05) is 11.0 Å². The smallest absolute Gasteiger partial charge is 0.349 e. The Bertz CT molecular complexity index is 952. The molecular formula is C19H16FN3O3S. The van der Waals surface area contributed by atoms with E-state index in [9.17, 15) is 14.4 Å². The van der Waals surface area contributed by atoms with Gasteiger partial charge in [0.05, 0.1) is 37.0 Å². The standard InChI is InChI=1S/C19H16FN3O3S/c1-2-26-19(24)17-16(13-4-3-12(10-21)9-15(13)20)14(11-22)18(27-17)23-5-7-25-8-6-23/h3-4,9H,2,5-8H2,1H3. The Morgan fingerprint density at radius 3 is 2.67 bits per heavy atom. The van der Waals surface area contributed by atoms with Crippen LogP contribution in [0.2, 0.25) is 0 Å². The Hall–Kier alpha value is -2.94. The molecule has 0 saturated carbocycles. The molecule has 8 heteroatoms. The van der Waals surface area contributed by atoms with Crippen molar-refractivity contribution in [1.82, 2.24) is 0 Å². The highest BCUT2D eigenvalue weighted by molar-refractivity contribution is 7.18. The highest BCUT2D eigenvalue weighted by Crippen LogP contribution is 2.43. The first-order chi connectivity index (χ1) is 13.1. The number of carbonyl (C=O) groups is 1. The quantitative estimate of drug-likeness (QED) is 0.751. The molecule has 2 aromatic rings. The van der Waals surface area contributed by atoms with Crippen LogP contribution in [0.3, 0.4) is 0 Å². The fraction of sp³-hybridized carbons (Fsp3) is 0.316. The zero-order valence-corrected chi connectivity index (χ0v) is 15.4. The average Bonchev–Trinajstić information content (AvgIpc) is 3.08. The van der Waals surface area contributed by atoms with Gasteiger partial charge in [0.15, 0.2) is 0 Å². The lowest BCUT2D eigenvalue weighted by Gasteiger charge is -2.27. The normalized spacial score (nSPS) is 13.7. The molecule has 3 rings (SSSR count). The molecule has 1 aliphatic rings. The molecule has 0 aliphatic carbocycles. The monoisotopic (exact) mass is 385 g/mol. The molecule has 138 valence electrons. The van der Waals surface area contributed by atoms with E-state index in [0.717, 1.165) is 17.4 Å². The molecule has 0 radical (unpaired) electrons. The predicted octanol–water partition coefficient (Wildman–Crippen LogP) is 3.31. The zero-order chi connectivity index (χ0) is 19.4. The molecule has 1 aromatic heterocycles. The molecule has 6 nitrogen and oxygen atoms in total. The van der Waals surface area contributed by atoms with Crippen molar-refractivity contribution in [2.24, 2.45) is 0 Å². The topological polar surface area (TPSA) is 86.3 Å². The average molecular weight is 385 g/mol. The van der Waals surface area contributed by atoms with Crippen molar-refractivity contribution in [1.29, 1.82) is 10.5 Å². The second kappa shape index (κ2) is 8.17. The molecule has 27 heavy (non-hydrogen) atoms. The molecule has 0 spiro atoms. The van der Waals surface area contributed by atoms with Crippen molar-refractivity contribution in [3.05, 3.63) is 40.0 Å². The Balaban J connectivity index is 2.21. The van der Waals surface area contributed by atoms with Gasteiger partial charge in [-0.05, 0) is 19.1 Å². The van der Waals surface area contributed by atoms with Crippen LogP contribution in [0, 0.1) is 28.5 Å². The Morgan fingerprint density at radius 1 is 1.33 bits per heavy atom. The number of hydrogen-bond acceptors (Lipinski definition) is 7. The third-order valence-electron chi connectivity index (χ3n) is 4.13. The van der Waals surface area contributed by atoms with Crippen molar-refractivity contribution in [2.75, 3.05) is 37.8 Å². The van der Waals surface area contributed by atoms with Crippen LogP contribution in [0.25, 0.3) is 11.1 Å². The van der Waals surface area contributed by atoms with Crippen LogP contribution >= 0.6 is 11.3 Å². The highest BCUT2D eigenvalue weighted by Gasteiger charge is 2.29. The van der Waals surface area contributed by atoms with E-state index < -0.39 is 11.8 Å². The molecule has 0 unspecified atom stereocenters. The number of hydrogen-bond donors (Lipinski definition) is 0. The first-order valence-corrected chi connectivity index (χ1v) is 9.19. The number of thiophene rings is 1. The van der Waals surface area contributed by atoms with Gasteiger partial charge >= 0.3 is 5.97 Å². The van der Waals surface area contributed by atoms with Gasteiger partial charge in [0.2, 0.25) is 0 Å². The maximum absolute atomic E-state index is 14.7. The largest absolute Gasteiger partial charge is 0.462 e. The number of halogens is 1. The summed E-state index contributed by atoms with van der Waals surface area (Å²) in [7, 11) is 0. The number of nitrogens with zero attached hydrogens (tertiary/aromatic N) is 3. The van der Waals surface area contributed by atoms with E-state index in [0.29, 0.717) is 31.3 Å². The molecule has 1 saturated heterocycles. The van der Waals surface area contributed by atoms with Gasteiger partial charge in [-0.1, -0.05) is 6.07 Å². The van der Waals surface area contributed by atoms with Crippen LogP contribution < -0.4 is 4.90 Å². The lowest BCUT2D eigenvalue weighted by molar-refractivity contribution is 0.0533. The molecule has 1 aromatic carbocycles. The van der Waals surface area contributed by atoms with Crippen molar-refractivity contribution in [2.45, 2.75) is 6.92 Å². The van der Waals surface area contributed by atoms with Gasteiger partial charge in [-0.25, -0.2) is 9.18 Å². The maximum atomic E-state index is 14.7. The molecule has 1 aliphatic heterocycles. The van der Waals surface area contributed by atoms with Crippen molar-refractivity contribution in [3.8, 4) is 23.3 Å². The number of anilines is 1. The van der Waals surface area contributed by atoms with Crippen molar-refractivity contribution in [3.63, 3.8) is 0 Å². The summed E-state index contributed by atoms with van der Waals surface area (Å²) < 4.78 is 25.1. The van der Waals surface area contributed by atoms with E-state index in [4.69, 9.17) is 14.7 Å². The third-order valence-corrected chi connectivity index (χ3v) is 5.36. The zero-order valence-electron chi connectivity index (χ0n) is 14.6.